The number of rotatable bonds is 7. The maximum absolute atomic E-state index is 3.69. The highest BCUT2D eigenvalue weighted by molar-refractivity contribution is 9.10. The summed E-state index contributed by atoms with van der Waals surface area (Å²) in [6, 6.07) is 2.95. The van der Waals surface area contributed by atoms with Crippen LogP contribution in [0.25, 0.3) is 0 Å². The largest absolute Gasteiger partial charge is 0.314 e. The van der Waals surface area contributed by atoms with Crippen LogP contribution in [0.5, 0.6) is 0 Å². The lowest BCUT2D eigenvalue weighted by Crippen LogP contribution is -2.32. The molecule has 1 fully saturated rings. The molecule has 1 heterocycles. The fraction of sp³-hybridized carbons (Fsp3) is 0.692. The van der Waals surface area contributed by atoms with Gasteiger partial charge in [0.15, 0.2) is 0 Å². The zero-order chi connectivity index (χ0) is 11.4. The minimum absolute atomic E-state index is 0.693. The molecule has 0 radical (unpaired) electrons. The fourth-order valence-corrected chi connectivity index (χ4v) is 3.58. The van der Waals surface area contributed by atoms with E-state index in [-0.39, 0.29) is 0 Å². The average Bonchev–Trinajstić information content (AvgIpc) is 2.98. The smallest absolute Gasteiger partial charge is 0.0285 e. The second-order valence-electron chi connectivity index (χ2n) is 4.77. The molecule has 1 aliphatic carbocycles. The van der Waals surface area contributed by atoms with Gasteiger partial charge >= 0.3 is 0 Å². The molecule has 1 aliphatic rings. The van der Waals surface area contributed by atoms with E-state index >= 15 is 0 Å². The first-order valence-corrected chi connectivity index (χ1v) is 7.91. The van der Waals surface area contributed by atoms with Gasteiger partial charge in [-0.2, -0.15) is 0 Å². The molecule has 16 heavy (non-hydrogen) atoms. The molecule has 0 saturated heterocycles. The number of hydrogen-bond acceptors (Lipinski definition) is 2. The summed E-state index contributed by atoms with van der Waals surface area (Å²) in [6.07, 6.45) is 6.72. The molecular weight excluding hydrogens is 282 g/mol. The van der Waals surface area contributed by atoms with Gasteiger partial charge in [-0.15, -0.1) is 11.3 Å². The van der Waals surface area contributed by atoms with Crippen LogP contribution >= 0.6 is 27.3 Å². The third-order valence-corrected chi connectivity index (χ3v) is 4.79. The number of halogens is 1. The van der Waals surface area contributed by atoms with Crippen molar-refractivity contribution in [2.75, 3.05) is 6.54 Å². The predicted octanol–water partition coefficient (Wildman–Crippen LogP) is 4.22. The molecule has 1 aromatic rings. The van der Waals surface area contributed by atoms with Crippen LogP contribution < -0.4 is 5.32 Å². The molecule has 1 unspecified atom stereocenters. The molecule has 0 amide bonds. The molecule has 1 saturated carbocycles. The van der Waals surface area contributed by atoms with Gasteiger partial charge in [-0.1, -0.05) is 19.8 Å². The summed E-state index contributed by atoms with van der Waals surface area (Å²) in [4.78, 5) is 1.50. The summed E-state index contributed by atoms with van der Waals surface area (Å²) >= 11 is 5.40. The molecule has 2 rings (SSSR count). The van der Waals surface area contributed by atoms with Crippen molar-refractivity contribution in [3.8, 4) is 0 Å². The Morgan fingerprint density at radius 3 is 2.94 bits per heavy atom. The third kappa shape index (κ3) is 4.19. The van der Waals surface area contributed by atoms with E-state index in [0.29, 0.717) is 6.04 Å². The first kappa shape index (κ1) is 12.6. The van der Waals surface area contributed by atoms with Gasteiger partial charge in [0, 0.05) is 20.8 Å². The Labute approximate surface area is 111 Å². The minimum Gasteiger partial charge on any atom is -0.314 e. The van der Waals surface area contributed by atoms with Crippen molar-refractivity contribution in [3.63, 3.8) is 0 Å². The molecule has 0 aromatic carbocycles. The summed E-state index contributed by atoms with van der Waals surface area (Å²) in [5.74, 6) is 1.01. The number of thiophene rings is 1. The van der Waals surface area contributed by atoms with E-state index < -0.39 is 0 Å². The van der Waals surface area contributed by atoms with Gasteiger partial charge in [0.25, 0.3) is 0 Å². The SMILES string of the molecule is CCCNC(Cc1cc(Br)cs1)CC1CC1. The number of hydrogen-bond donors (Lipinski definition) is 1. The zero-order valence-electron chi connectivity index (χ0n) is 9.84. The van der Waals surface area contributed by atoms with Crippen LogP contribution in [0.2, 0.25) is 0 Å². The Morgan fingerprint density at radius 1 is 1.56 bits per heavy atom. The Balaban J connectivity index is 1.84. The van der Waals surface area contributed by atoms with Crippen LogP contribution in [0.4, 0.5) is 0 Å². The topological polar surface area (TPSA) is 12.0 Å². The molecular formula is C13H20BrNS. The van der Waals surface area contributed by atoms with Gasteiger partial charge in [-0.3, -0.25) is 0 Å². The summed E-state index contributed by atoms with van der Waals surface area (Å²) in [7, 11) is 0. The standard InChI is InChI=1S/C13H20BrNS/c1-2-5-15-12(6-10-3-4-10)8-13-7-11(14)9-16-13/h7,9-10,12,15H,2-6,8H2,1H3. The number of nitrogens with one attached hydrogen (secondary N) is 1. The van der Waals surface area contributed by atoms with Crippen LogP contribution in [0.3, 0.4) is 0 Å². The first-order valence-electron chi connectivity index (χ1n) is 6.24. The maximum Gasteiger partial charge on any atom is 0.0285 e. The summed E-state index contributed by atoms with van der Waals surface area (Å²) in [5, 5.41) is 5.87. The van der Waals surface area contributed by atoms with Crippen molar-refractivity contribution in [2.45, 2.75) is 45.1 Å². The van der Waals surface area contributed by atoms with E-state index in [1.165, 1.54) is 41.5 Å². The van der Waals surface area contributed by atoms with Crippen molar-refractivity contribution < 1.29 is 0 Å². The first-order chi connectivity index (χ1) is 7.78. The molecule has 1 aromatic heterocycles. The third-order valence-electron chi connectivity index (χ3n) is 3.07. The molecule has 0 aliphatic heterocycles. The van der Waals surface area contributed by atoms with Crippen LogP contribution in [0.15, 0.2) is 15.9 Å². The predicted molar refractivity (Wildman–Crippen MR) is 75.1 cm³/mol. The molecule has 1 N–H and O–H groups in total. The van der Waals surface area contributed by atoms with Gasteiger partial charge < -0.3 is 5.32 Å². The van der Waals surface area contributed by atoms with Gasteiger partial charge in [0.1, 0.15) is 0 Å². The summed E-state index contributed by atoms with van der Waals surface area (Å²) in [5.41, 5.74) is 0. The monoisotopic (exact) mass is 301 g/mol. The quantitative estimate of drug-likeness (QED) is 0.795. The van der Waals surface area contributed by atoms with E-state index in [0.717, 1.165) is 12.5 Å². The Kier molecular flexibility index (Phi) is 4.86. The lowest BCUT2D eigenvalue weighted by atomic mass is 10.1. The van der Waals surface area contributed by atoms with Crippen molar-refractivity contribution in [1.29, 1.82) is 0 Å². The van der Waals surface area contributed by atoms with Gasteiger partial charge in [0.05, 0.1) is 0 Å². The Morgan fingerprint density at radius 2 is 2.38 bits per heavy atom. The fourth-order valence-electron chi connectivity index (χ4n) is 2.05. The normalized spacial score (nSPS) is 17.6. The second-order valence-corrected chi connectivity index (χ2v) is 6.68. The highest BCUT2D eigenvalue weighted by atomic mass is 79.9. The minimum atomic E-state index is 0.693. The van der Waals surface area contributed by atoms with Crippen LogP contribution in [-0.4, -0.2) is 12.6 Å². The zero-order valence-corrected chi connectivity index (χ0v) is 12.2. The van der Waals surface area contributed by atoms with Crippen LogP contribution in [-0.2, 0) is 6.42 Å². The summed E-state index contributed by atoms with van der Waals surface area (Å²) in [6.45, 7) is 3.40. The molecule has 0 spiro atoms. The van der Waals surface area contributed by atoms with E-state index in [2.05, 4.69) is 39.6 Å². The second kappa shape index (κ2) is 6.18. The van der Waals surface area contributed by atoms with Crippen molar-refractivity contribution in [2.24, 2.45) is 5.92 Å². The van der Waals surface area contributed by atoms with E-state index in [1.54, 1.807) is 0 Å². The van der Waals surface area contributed by atoms with Crippen molar-refractivity contribution in [1.82, 2.24) is 5.32 Å². The molecule has 90 valence electrons. The molecule has 0 bridgehead atoms. The Bertz CT molecular complexity index is 319. The molecule has 1 atom stereocenters. The maximum atomic E-state index is 3.69. The van der Waals surface area contributed by atoms with Crippen molar-refractivity contribution in [3.05, 3.63) is 20.8 Å². The lowest BCUT2D eigenvalue weighted by molar-refractivity contribution is 0.457. The highest BCUT2D eigenvalue weighted by Gasteiger charge is 2.25. The van der Waals surface area contributed by atoms with Gasteiger partial charge in [-0.05, 0) is 53.7 Å². The molecule has 1 nitrogen and oxygen atoms in total. The van der Waals surface area contributed by atoms with Gasteiger partial charge in [-0.25, -0.2) is 0 Å². The van der Waals surface area contributed by atoms with E-state index in [9.17, 15) is 0 Å². The van der Waals surface area contributed by atoms with E-state index in [4.69, 9.17) is 0 Å². The Hall–Kier alpha value is 0.140. The van der Waals surface area contributed by atoms with Crippen molar-refractivity contribution >= 4 is 27.3 Å². The molecule has 3 heteroatoms. The van der Waals surface area contributed by atoms with Gasteiger partial charge in [0.2, 0.25) is 0 Å². The van der Waals surface area contributed by atoms with Crippen LogP contribution in [0.1, 0.15) is 37.5 Å². The average molecular weight is 302 g/mol. The highest BCUT2D eigenvalue weighted by Crippen LogP contribution is 2.34. The summed E-state index contributed by atoms with van der Waals surface area (Å²) < 4.78 is 1.23. The van der Waals surface area contributed by atoms with E-state index in [1.807, 2.05) is 11.3 Å². The van der Waals surface area contributed by atoms with Crippen LogP contribution in [0, 0.1) is 5.92 Å². The lowest BCUT2D eigenvalue weighted by Gasteiger charge is -2.17.